The van der Waals surface area contributed by atoms with Crippen LogP contribution in [-0.4, -0.2) is 12.2 Å². The number of carbonyl (C=O) groups excluding carboxylic acids is 2. The van der Waals surface area contributed by atoms with Crippen LogP contribution in [0.3, 0.4) is 0 Å². The standard InChI is InChI=1S/C5H6N2O2/c6-2-4(3-8)1-5(7)9/h3-4H,1H2,(H2,7,9). The van der Waals surface area contributed by atoms with Crippen molar-refractivity contribution in [2.75, 3.05) is 0 Å². The average Bonchev–Trinajstić information content (AvgIpc) is 1.82. The van der Waals surface area contributed by atoms with Gasteiger partial charge in [-0.1, -0.05) is 0 Å². The van der Waals surface area contributed by atoms with Gasteiger partial charge in [-0.25, -0.2) is 0 Å². The zero-order valence-electron chi connectivity index (χ0n) is 4.70. The van der Waals surface area contributed by atoms with Crippen molar-refractivity contribution in [1.29, 1.82) is 5.26 Å². The van der Waals surface area contributed by atoms with Gasteiger partial charge in [-0.2, -0.15) is 5.26 Å². The zero-order chi connectivity index (χ0) is 7.28. The second kappa shape index (κ2) is 3.61. The highest BCUT2D eigenvalue weighted by Gasteiger charge is 2.07. The summed E-state index contributed by atoms with van der Waals surface area (Å²) in [4.78, 5) is 19.9. The van der Waals surface area contributed by atoms with Gasteiger partial charge in [-0.3, -0.25) is 4.79 Å². The number of amides is 1. The van der Waals surface area contributed by atoms with Gasteiger partial charge < -0.3 is 10.5 Å². The number of nitrogens with zero attached hydrogens (tertiary/aromatic N) is 1. The summed E-state index contributed by atoms with van der Waals surface area (Å²) in [5, 5.41) is 8.09. The maximum absolute atomic E-state index is 10.0. The van der Waals surface area contributed by atoms with Crippen LogP contribution in [0.5, 0.6) is 0 Å². The fourth-order valence-electron chi connectivity index (χ4n) is 0.341. The number of hydrogen-bond acceptors (Lipinski definition) is 3. The van der Waals surface area contributed by atoms with Gasteiger partial charge >= 0.3 is 0 Å². The Morgan fingerprint density at radius 3 is 2.56 bits per heavy atom. The van der Waals surface area contributed by atoms with Crippen molar-refractivity contribution in [2.24, 2.45) is 11.7 Å². The molecule has 0 aliphatic heterocycles. The van der Waals surface area contributed by atoms with E-state index in [0.29, 0.717) is 6.29 Å². The SMILES string of the molecule is N#CC(C=O)CC(N)=O. The van der Waals surface area contributed by atoms with Crippen molar-refractivity contribution in [2.45, 2.75) is 6.42 Å². The molecule has 0 saturated heterocycles. The minimum absolute atomic E-state index is 0.181. The van der Waals surface area contributed by atoms with Crippen LogP contribution in [0.2, 0.25) is 0 Å². The highest BCUT2D eigenvalue weighted by atomic mass is 16.1. The lowest BCUT2D eigenvalue weighted by Crippen LogP contribution is -2.15. The molecule has 0 aliphatic carbocycles. The Morgan fingerprint density at radius 2 is 2.44 bits per heavy atom. The van der Waals surface area contributed by atoms with Crippen molar-refractivity contribution >= 4 is 12.2 Å². The summed E-state index contributed by atoms with van der Waals surface area (Å²) in [5.41, 5.74) is 4.70. The topological polar surface area (TPSA) is 83.9 Å². The highest BCUT2D eigenvalue weighted by molar-refractivity contribution is 5.78. The van der Waals surface area contributed by atoms with Gasteiger partial charge in [-0.15, -0.1) is 0 Å². The van der Waals surface area contributed by atoms with E-state index in [-0.39, 0.29) is 6.42 Å². The molecule has 0 aromatic rings. The molecule has 0 bridgehead atoms. The summed E-state index contributed by atoms with van der Waals surface area (Å²) in [6.45, 7) is 0. The lowest BCUT2D eigenvalue weighted by Gasteiger charge is -1.91. The smallest absolute Gasteiger partial charge is 0.219 e. The summed E-state index contributed by atoms with van der Waals surface area (Å²) >= 11 is 0. The second-order valence-corrected chi connectivity index (χ2v) is 1.54. The van der Waals surface area contributed by atoms with E-state index in [1.54, 1.807) is 6.07 Å². The lowest BCUT2D eigenvalue weighted by atomic mass is 10.1. The van der Waals surface area contributed by atoms with Crippen LogP contribution < -0.4 is 5.73 Å². The Labute approximate surface area is 52.3 Å². The molecule has 1 atom stereocenters. The fourth-order valence-corrected chi connectivity index (χ4v) is 0.341. The van der Waals surface area contributed by atoms with E-state index in [1.165, 1.54) is 0 Å². The molecule has 4 nitrogen and oxygen atoms in total. The van der Waals surface area contributed by atoms with Crippen molar-refractivity contribution in [3.8, 4) is 6.07 Å². The molecule has 48 valence electrons. The van der Waals surface area contributed by atoms with Gasteiger partial charge in [0, 0.05) is 6.42 Å². The first-order chi connectivity index (χ1) is 4.20. The maximum Gasteiger partial charge on any atom is 0.219 e. The van der Waals surface area contributed by atoms with Crippen LogP contribution in [0.4, 0.5) is 0 Å². The molecular formula is C5H6N2O2. The lowest BCUT2D eigenvalue weighted by molar-refractivity contribution is -0.121. The van der Waals surface area contributed by atoms with Crippen LogP contribution in [0.25, 0.3) is 0 Å². The van der Waals surface area contributed by atoms with E-state index < -0.39 is 11.8 Å². The highest BCUT2D eigenvalue weighted by Crippen LogP contribution is 1.93. The van der Waals surface area contributed by atoms with Crippen molar-refractivity contribution in [3.63, 3.8) is 0 Å². The van der Waals surface area contributed by atoms with E-state index in [9.17, 15) is 9.59 Å². The van der Waals surface area contributed by atoms with E-state index in [2.05, 4.69) is 0 Å². The van der Waals surface area contributed by atoms with E-state index in [1.807, 2.05) is 0 Å². The number of carbonyl (C=O) groups is 2. The molecule has 2 N–H and O–H groups in total. The predicted octanol–water partition coefficient (Wildman–Crippen LogP) is -0.800. The number of rotatable bonds is 3. The third kappa shape index (κ3) is 3.23. The fraction of sp³-hybridized carbons (Fsp3) is 0.400. The third-order valence-electron chi connectivity index (χ3n) is 0.751. The predicted molar refractivity (Wildman–Crippen MR) is 29.0 cm³/mol. The molecule has 9 heavy (non-hydrogen) atoms. The van der Waals surface area contributed by atoms with Gasteiger partial charge in [0.1, 0.15) is 12.2 Å². The Morgan fingerprint density at radius 1 is 1.89 bits per heavy atom. The Hall–Kier alpha value is -1.37. The summed E-state index contributed by atoms with van der Waals surface area (Å²) in [5.74, 6) is -1.50. The second-order valence-electron chi connectivity index (χ2n) is 1.54. The zero-order valence-corrected chi connectivity index (χ0v) is 4.70. The van der Waals surface area contributed by atoms with Crippen LogP contribution in [0.1, 0.15) is 6.42 Å². The summed E-state index contributed by atoms with van der Waals surface area (Å²) in [6.07, 6.45) is 0.227. The average molecular weight is 126 g/mol. The van der Waals surface area contributed by atoms with Crippen LogP contribution >= 0.6 is 0 Å². The van der Waals surface area contributed by atoms with E-state index in [4.69, 9.17) is 11.0 Å². The van der Waals surface area contributed by atoms with Gasteiger partial charge in [0.2, 0.25) is 5.91 Å². The van der Waals surface area contributed by atoms with Gasteiger partial charge in [-0.05, 0) is 0 Å². The minimum Gasteiger partial charge on any atom is -0.370 e. The van der Waals surface area contributed by atoms with E-state index >= 15 is 0 Å². The first-order valence-electron chi connectivity index (χ1n) is 2.34. The Kier molecular flexibility index (Phi) is 3.06. The molecule has 0 radical (unpaired) electrons. The number of primary amides is 1. The quantitative estimate of drug-likeness (QED) is 0.502. The van der Waals surface area contributed by atoms with Gasteiger partial charge in [0.15, 0.2) is 0 Å². The first-order valence-corrected chi connectivity index (χ1v) is 2.34. The van der Waals surface area contributed by atoms with Gasteiger partial charge in [0.05, 0.1) is 6.07 Å². The Bertz CT molecular complexity index is 159. The monoisotopic (exact) mass is 126 g/mol. The molecule has 1 amide bonds. The molecule has 0 rings (SSSR count). The first kappa shape index (κ1) is 7.63. The van der Waals surface area contributed by atoms with Crippen LogP contribution in [0.15, 0.2) is 0 Å². The summed E-state index contributed by atoms with van der Waals surface area (Å²) in [6, 6.07) is 1.61. The van der Waals surface area contributed by atoms with Crippen molar-refractivity contribution in [1.82, 2.24) is 0 Å². The van der Waals surface area contributed by atoms with Crippen LogP contribution in [0, 0.1) is 17.2 Å². The molecule has 4 heteroatoms. The summed E-state index contributed by atoms with van der Waals surface area (Å²) < 4.78 is 0. The molecule has 0 heterocycles. The number of nitriles is 1. The molecule has 0 saturated carbocycles. The number of nitrogens with two attached hydrogens (primary N) is 1. The van der Waals surface area contributed by atoms with Gasteiger partial charge in [0.25, 0.3) is 0 Å². The normalized spacial score (nSPS) is 11.4. The molecule has 0 aromatic carbocycles. The molecule has 0 spiro atoms. The maximum atomic E-state index is 10.0. The molecule has 0 fully saturated rings. The minimum atomic E-state index is -0.873. The number of hydrogen-bond donors (Lipinski definition) is 1. The summed E-state index contributed by atoms with van der Waals surface area (Å²) in [7, 11) is 0. The molecule has 0 aliphatic rings. The third-order valence-corrected chi connectivity index (χ3v) is 0.751. The van der Waals surface area contributed by atoms with Crippen LogP contribution in [-0.2, 0) is 9.59 Å². The van der Waals surface area contributed by atoms with E-state index in [0.717, 1.165) is 0 Å². The molecular weight excluding hydrogens is 120 g/mol. The largest absolute Gasteiger partial charge is 0.370 e. The molecule has 1 unspecified atom stereocenters. The van der Waals surface area contributed by atoms with Crippen molar-refractivity contribution in [3.05, 3.63) is 0 Å². The van der Waals surface area contributed by atoms with Crippen molar-refractivity contribution < 1.29 is 9.59 Å². The Balaban J connectivity index is 3.73. The molecule has 0 aromatic heterocycles. The number of aldehydes is 1.